The van der Waals surface area contributed by atoms with Crippen LogP contribution in [0.15, 0.2) is 85.6 Å². The number of aromatic hydroxyl groups is 1. The number of rotatable bonds is 14. The summed E-state index contributed by atoms with van der Waals surface area (Å²) in [6.07, 6.45) is 11.1. The number of nitrogens with zero attached hydrogens (tertiary/aromatic N) is 2. The molecule has 0 bridgehead atoms. The fraction of sp³-hybridized carbons (Fsp3) is 0.326. The number of carbonyl (C=O) groups is 3. The summed E-state index contributed by atoms with van der Waals surface area (Å²) < 4.78 is 10.7. The average molecular weight is 720 g/mol. The molecule has 0 unspecified atom stereocenters. The van der Waals surface area contributed by atoms with E-state index in [4.69, 9.17) is 14.6 Å². The van der Waals surface area contributed by atoms with Gasteiger partial charge in [-0.2, -0.15) is 0 Å². The third-order valence-corrected chi connectivity index (χ3v) is 9.81. The molecule has 3 aromatic carbocycles. The van der Waals surface area contributed by atoms with Gasteiger partial charge in [0.05, 0.1) is 19.6 Å². The number of nitrogens with one attached hydrogen (secondary N) is 1. The summed E-state index contributed by atoms with van der Waals surface area (Å²) >= 11 is 0. The second-order valence-corrected chi connectivity index (χ2v) is 13.2. The minimum Gasteiger partial charge on any atom is -0.508 e. The second kappa shape index (κ2) is 17.7. The van der Waals surface area contributed by atoms with Crippen molar-refractivity contribution in [1.29, 1.82) is 0 Å². The molecule has 2 atom stereocenters. The van der Waals surface area contributed by atoms with Gasteiger partial charge in [-0.05, 0) is 111 Å². The Labute approximate surface area is 311 Å². The maximum atomic E-state index is 12.9. The number of fused-ring (bicyclic) bond motifs is 2. The quantitative estimate of drug-likeness (QED) is 0.0541. The Hall–Kier alpha value is -5.61. The molecular weight excluding hydrogens is 670 g/mol. The number of allylic oxidation sites excluding steroid dienone is 2. The van der Waals surface area contributed by atoms with Crippen molar-refractivity contribution in [3.8, 4) is 17.2 Å². The van der Waals surface area contributed by atoms with Crippen molar-refractivity contribution < 1.29 is 34.1 Å². The highest BCUT2D eigenvalue weighted by Gasteiger charge is 2.36. The van der Waals surface area contributed by atoms with Gasteiger partial charge >= 0.3 is 5.97 Å². The molecule has 1 aromatic heterocycles. The summed E-state index contributed by atoms with van der Waals surface area (Å²) in [5.41, 5.74) is 7.06. The molecule has 0 spiro atoms. The first-order valence-corrected chi connectivity index (χ1v) is 18.1. The Bertz CT molecular complexity index is 2010. The smallest absolute Gasteiger partial charge is 0.303 e. The highest BCUT2D eigenvalue weighted by atomic mass is 16.5. The number of carbonyl (C=O) groups excluding carboxylic acids is 2. The molecule has 4 aromatic rings. The fourth-order valence-corrected chi connectivity index (χ4v) is 7.02. The van der Waals surface area contributed by atoms with Crippen molar-refractivity contribution in [2.45, 2.75) is 45.6 Å². The number of H-pyrrole nitrogens is 1. The van der Waals surface area contributed by atoms with Crippen LogP contribution >= 0.6 is 0 Å². The summed E-state index contributed by atoms with van der Waals surface area (Å²) in [6, 6.07) is 16.7. The van der Waals surface area contributed by atoms with Crippen LogP contribution in [0.25, 0.3) is 22.6 Å². The van der Waals surface area contributed by atoms with Gasteiger partial charge in [0.2, 0.25) is 5.91 Å². The van der Waals surface area contributed by atoms with E-state index in [2.05, 4.69) is 67.8 Å². The number of carboxylic acids is 1. The Kier molecular flexibility index (Phi) is 12.9. The van der Waals surface area contributed by atoms with Gasteiger partial charge in [-0.3, -0.25) is 19.3 Å². The number of benzene rings is 3. The summed E-state index contributed by atoms with van der Waals surface area (Å²) in [7, 11) is 3.65. The van der Waals surface area contributed by atoms with Crippen LogP contribution in [0.4, 0.5) is 0 Å². The van der Waals surface area contributed by atoms with Crippen LogP contribution in [-0.4, -0.2) is 89.1 Å². The standard InChI is InChI=1S/C23H24O6.C20H25N3O/c1-3-5-17-14-18(22(28-2)15-21(17)25)9-12-20(24)16-7-10-19(11-8-16)29-13-4-6-23(26)27;1-4-23(5-2)20(24)14-9-16-15-7-6-8-17-19(15)13(11-21-17)10-18(16)22(3)12-14/h3,7-12,14-15,25H,1,4-6,13H2,2H3,(H,26,27);6-9,11,14,18,21H,4-5,10,12H2,1-3H3/b12-9+;/t;14-,18-/m.1/s1. The molecule has 2 aliphatic rings. The number of phenols is 1. The lowest BCUT2D eigenvalue weighted by atomic mass is 9.79. The summed E-state index contributed by atoms with van der Waals surface area (Å²) in [4.78, 5) is 43.5. The lowest BCUT2D eigenvalue weighted by molar-refractivity contribution is -0.137. The largest absolute Gasteiger partial charge is 0.508 e. The Morgan fingerprint density at radius 1 is 1.09 bits per heavy atom. The number of aromatic amines is 1. The number of likely N-dealkylation sites (N-methyl/N-ethyl adjacent to an activating group) is 1. The minimum absolute atomic E-state index is 0.0445. The normalized spacial score (nSPS) is 16.3. The van der Waals surface area contributed by atoms with Crippen molar-refractivity contribution in [2.75, 3.05) is 40.4 Å². The monoisotopic (exact) mass is 719 g/mol. The van der Waals surface area contributed by atoms with Crippen LogP contribution in [0.3, 0.4) is 0 Å². The SMILES string of the molecule is C=CCc1cc(/C=C/C(=O)c2ccc(OCCCC(=O)O)cc2)c(OC)cc1O.CCN(CC)C(=O)[C@@H]1C=C2c3cccc4[nH]cc(c34)C[C@H]2N(C)C1. The third kappa shape index (κ3) is 9.07. The third-order valence-electron chi connectivity index (χ3n) is 9.81. The zero-order valence-electron chi connectivity index (χ0n) is 30.9. The van der Waals surface area contributed by atoms with Gasteiger partial charge in [0, 0.05) is 66.4 Å². The topological polar surface area (TPSA) is 132 Å². The molecule has 278 valence electrons. The zero-order chi connectivity index (χ0) is 38.1. The van der Waals surface area contributed by atoms with Gasteiger partial charge in [0.25, 0.3) is 0 Å². The number of methoxy groups -OCH3 is 1. The molecular formula is C43H49N3O7. The lowest BCUT2D eigenvalue weighted by Crippen LogP contribution is -2.47. The number of carboxylic acid groups (broad SMARTS) is 1. The van der Waals surface area contributed by atoms with Crippen molar-refractivity contribution >= 4 is 40.2 Å². The Balaban J connectivity index is 0.000000207. The minimum atomic E-state index is -0.858. The average Bonchev–Trinajstić information content (AvgIpc) is 3.58. The second-order valence-electron chi connectivity index (χ2n) is 13.2. The van der Waals surface area contributed by atoms with Gasteiger partial charge in [0.15, 0.2) is 5.78 Å². The van der Waals surface area contributed by atoms with Crippen molar-refractivity contribution in [2.24, 2.45) is 5.92 Å². The molecule has 2 heterocycles. The van der Waals surface area contributed by atoms with Crippen LogP contribution < -0.4 is 9.47 Å². The predicted octanol–water partition coefficient (Wildman–Crippen LogP) is 7.18. The van der Waals surface area contributed by atoms with Crippen LogP contribution in [0.1, 0.15) is 59.3 Å². The van der Waals surface area contributed by atoms with Crippen LogP contribution in [0, 0.1) is 5.92 Å². The van der Waals surface area contributed by atoms with E-state index in [0.29, 0.717) is 53.7 Å². The van der Waals surface area contributed by atoms with Gasteiger partial charge in [-0.25, -0.2) is 0 Å². The van der Waals surface area contributed by atoms with E-state index in [1.807, 2.05) is 4.90 Å². The van der Waals surface area contributed by atoms with Crippen molar-refractivity contribution in [3.63, 3.8) is 0 Å². The van der Waals surface area contributed by atoms with E-state index in [9.17, 15) is 19.5 Å². The molecule has 0 fully saturated rings. The summed E-state index contributed by atoms with van der Waals surface area (Å²) in [5.74, 6) is 0.312. The molecule has 1 amide bonds. The Morgan fingerprint density at radius 3 is 2.53 bits per heavy atom. The molecule has 10 heteroatoms. The molecule has 10 nitrogen and oxygen atoms in total. The van der Waals surface area contributed by atoms with Crippen molar-refractivity contribution in [1.82, 2.24) is 14.8 Å². The van der Waals surface area contributed by atoms with E-state index in [0.717, 1.165) is 26.1 Å². The van der Waals surface area contributed by atoms with E-state index < -0.39 is 5.97 Å². The maximum absolute atomic E-state index is 12.9. The fourth-order valence-electron chi connectivity index (χ4n) is 7.02. The molecule has 0 saturated heterocycles. The van der Waals surface area contributed by atoms with E-state index >= 15 is 0 Å². The first-order chi connectivity index (χ1) is 25.6. The number of phenolic OH excluding ortho intramolecular Hbond substituents is 1. The number of ether oxygens (including phenoxy) is 2. The van der Waals surface area contributed by atoms with Crippen LogP contribution in [0.2, 0.25) is 0 Å². The Morgan fingerprint density at radius 2 is 1.85 bits per heavy atom. The van der Waals surface area contributed by atoms with E-state index in [1.165, 1.54) is 46.9 Å². The molecule has 1 aliphatic heterocycles. The number of amides is 1. The molecule has 3 N–H and O–H groups in total. The summed E-state index contributed by atoms with van der Waals surface area (Å²) in [5, 5.41) is 19.9. The van der Waals surface area contributed by atoms with Crippen LogP contribution in [0.5, 0.6) is 17.2 Å². The van der Waals surface area contributed by atoms with Gasteiger partial charge < -0.3 is 29.6 Å². The molecule has 0 saturated carbocycles. The van der Waals surface area contributed by atoms with Crippen LogP contribution in [-0.2, 0) is 22.4 Å². The molecule has 0 radical (unpaired) electrons. The van der Waals surface area contributed by atoms with E-state index in [1.54, 1.807) is 42.5 Å². The predicted molar refractivity (Wildman–Crippen MR) is 209 cm³/mol. The first kappa shape index (κ1) is 38.6. The van der Waals surface area contributed by atoms with E-state index in [-0.39, 0.29) is 29.8 Å². The van der Waals surface area contributed by atoms with Gasteiger partial charge in [-0.15, -0.1) is 6.58 Å². The highest BCUT2D eigenvalue weighted by molar-refractivity contribution is 6.07. The highest BCUT2D eigenvalue weighted by Crippen LogP contribution is 2.41. The number of ketones is 1. The number of hydrogen-bond acceptors (Lipinski definition) is 7. The zero-order valence-corrected chi connectivity index (χ0v) is 30.9. The van der Waals surface area contributed by atoms with Gasteiger partial charge in [-0.1, -0.05) is 24.3 Å². The van der Waals surface area contributed by atoms with Gasteiger partial charge in [0.1, 0.15) is 17.2 Å². The molecule has 53 heavy (non-hydrogen) atoms. The number of hydrogen-bond donors (Lipinski definition) is 3. The number of aliphatic carboxylic acids is 1. The lowest BCUT2D eigenvalue weighted by Gasteiger charge is -2.40. The molecule has 1 aliphatic carbocycles. The van der Waals surface area contributed by atoms with Crippen molar-refractivity contribution in [3.05, 3.63) is 113 Å². The summed E-state index contributed by atoms with van der Waals surface area (Å²) in [6.45, 7) is 10.4. The number of aromatic nitrogens is 1. The molecule has 6 rings (SSSR count). The maximum Gasteiger partial charge on any atom is 0.303 e. The first-order valence-electron chi connectivity index (χ1n) is 18.1.